The van der Waals surface area contributed by atoms with Gasteiger partial charge in [0, 0.05) is 24.5 Å². The Morgan fingerprint density at radius 2 is 1.52 bits per heavy atom. The molecule has 1 N–H and O–H groups in total. The van der Waals surface area contributed by atoms with Crippen LogP contribution in [0, 0.1) is 13.8 Å². The fraction of sp³-hybridized carbons (Fsp3) is 0.257. The minimum atomic E-state index is -4.16. The van der Waals surface area contributed by atoms with Crippen LogP contribution < -0.4 is 9.62 Å². The highest BCUT2D eigenvalue weighted by atomic mass is 35.5. The number of sulfonamides is 1. The third-order valence-corrected chi connectivity index (χ3v) is 9.45. The molecule has 0 aliphatic heterocycles. The van der Waals surface area contributed by atoms with Crippen molar-refractivity contribution in [1.82, 2.24) is 10.2 Å². The van der Waals surface area contributed by atoms with Gasteiger partial charge < -0.3 is 10.2 Å². The number of aryl methyl sites for hydroxylation is 2. The minimum Gasteiger partial charge on any atom is -0.354 e. The van der Waals surface area contributed by atoms with Gasteiger partial charge in [0.2, 0.25) is 11.8 Å². The first kappa shape index (κ1) is 32.8. The summed E-state index contributed by atoms with van der Waals surface area (Å²) < 4.78 is 29.4. The number of hydrogen-bond acceptors (Lipinski definition) is 4. The van der Waals surface area contributed by atoms with Gasteiger partial charge in [0.1, 0.15) is 12.6 Å². The molecule has 4 aromatic rings. The molecule has 4 rings (SSSR count). The van der Waals surface area contributed by atoms with E-state index in [-0.39, 0.29) is 23.8 Å². The van der Waals surface area contributed by atoms with Gasteiger partial charge in [-0.25, -0.2) is 8.42 Å². The molecule has 0 saturated carbocycles. The van der Waals surface area contributed by atoms with Crippen molar-refractivity contribution in [3.8, 4) is 0 Å². The van der Waals surface area contributed by atoms with Crippen molar-refractivity contribution in [2.24, 2.45) is 0 Å². The van der Waals surface area contributed by atoms with E-state index in [1.807, 2.05) is 63.2 Å². The van der Waals surface area contributed by atoms with Crippen molar-refractivity contribution >= 4 is 39.1 Å². The molecule has 1 unspecified atom stereocenters. The van der Waals surface area contributed by atoms with Crippen LogP contribution in [0.4, 0.5) is 5.69 Å². The lowest BCUT2D eigenvalue weighted by molar-refractivity contribution is -0.140. The Kier molecular flexibility index (Phi) is 11.2. The van der Waals surface area contributed by atoms with E-state index >= 15 is 0 Å². The maximum atomic E-state index is 14.5. The quantitative estimate of drug-likeness (QED) is 0.187. The molecule has 1 atom stereocenters. The van der Waals surface area contributed by atoms with Crippen molar-refractivity contribution in [2.45, 2.75) is 51.1 Å². The number of nitrogens with one attached hydrogen (secondary N) is 1. The molecule has 9 heteroatoms. The van der Waals surface area contributed by atoms with Crippen LogP contribution >= 0.6 is 11.6 Å². The lowest BCUT2D eigenvalue weighted by atomic mass is 10.0. The lowest BCUT2D eigenvalue weighted by Crippen LogP contribution is -2.53. The Hall–Kier alpha value is -4.14. The summed E-state index contributed by atoms with van der Waals surface area (Å²) in [4.78, 5) is 29.7. The molecule has 0 fully saturated rings. The number of carbonyl (C=O) groups excluding carboxylic acids is 2. The van der Waals surface area contributed by atoms with Gasteiger partial charge in [0.25, 0.3) is 10.0 Å². The highest BCUT2D eigenvalue weighted by molar-refractivity contribution is 7.92. The first-order valence-electron chi connectivity index (χ1n) is 14.6. The van der Waals surface area contributed by atoms with Crippen LogP contribution in [-0.2, 0) is 32.6 Å². The molecular formula is C35H38ClN3O4S. The average Bonchev–Trinajstić information content (AvgIpc) is 3.01. The summed E-state index contributed by atoms with van der Waals surface area (Å²) in [5.74, 6) is -0.853. The summed E-state index contributed by atoms with van der Waals surface area (Å²) in [5.41, 5.74) is 3.62. The normalized spacial score (nSPS) is 11.9. The maximum Gasteiger partial charge on any atom is 0.264 e. The average molecular weight is 632 g/mol. The van der Waals surface area contributed by atoms with Crippen molar-refractivity contribution in [2.75, 3.05) is 17.4 Å². The van der Waals surface area contributed by atoms with Crippen LogP contribution in [0.1, 0.15) is 35.6 Å². The second-order valence-electron chi connectivity index (χ2n) is 10.8. The zero-order chi connectivity index (χ0) is 31.7. The molecular weight excluding hydrogens is 594 g/mol. The van der Waals surface area contributed by atoms with Gasteiger partial charge in [0.05, 0.1) is 10.6 Å². The zero-order valence-electron chi connectivity index (χ0n) is 25.2. The number of rotatable bonds is 13. The molecule has 0 radical (unpaired) electrons. The topological polar surface area (TPSA) is 86.8 Å². The molecule has 4 aromatic carbocycles. The number of halogens is 1. The zero-order valence-corrected chi connectivity index (χ0v) is 26.8. The van der Waals surface area contributed by atoms with Gasteiger partial charge in [-0.2, -0.15) is 0 Å². The van der Waals surface area contributed by atoms with Crippen LogP contribution in [0.2, 0.25) is 5.02 Å². The summed E-state index contributed by atoms with van der Waals surface area (Å²) in [7, 11) is -4.16. The Morgan fingerprint density at radius 3 is 2.18 bits per heavy atom. The third-order valence-electron chi connectivity index (χ3n) is 7.30. The van der Waals surface area contributed by atoms with Gasteiger partial charge in [-0.05, 0) is 67.3 Å². The Balaban J connectivity index is 1.80. The van der Waals surface area contributed by atoms with Gasteiger partial charge in [-0.1, -0.05) is 96.9 Å². The monoisotopic (exact) mass is 631 g/mol. The standard InChI is InChI=1S/C35H38ClN3O4S/c1-4-21-37-35(41)33(23-28-12-6-5-7-13-28)38(24-29-14-8-9-16-32(29)36)34(40)25-39(30-15-10-11-27(3)22-30)44(42,43)31-19-17-26(2)18-20-31/h5-20,22,33H,4,21,23-25H2,1-3H3,(H,37,41). The molecule has 0 aromatic heterocycles. The SMILES string of the molecule is CCCNC(=O)C(Cc1ccccc1)N(Cc1ccccc1Cl)C(=O)CN(c1cccc(C)c1)S(=O)(=O)c1ccc(C)cc1. The van der Waals surface area contributed by atoms with Gasteiger partial charge in [0.15, 0.2) is 0 Å². The fourth-order valence-corrected chi connectivity index (χ4v) is 6.48. The Bertz CT molecular complexity index is 1680. The molecule has 2 amide bonds. The number of benzene rings is 4. The van der Waals surface area contributed by atoms with Crippen molar-refractivity contribution in [1.29, 1.82) is 0 Å². The summed E-state index contributed by atoms with van der Waals surface area (Å²) in [6.45, 7) is 5.63. The molecule has 44 heavy (non-hydrogen) atoms. The smallest absolute Gasteiger partial charge is 0.264 e. The number of nitrogens with zero attached hydrogens (tertiary/aromatic N) is 2. The molecule has 0 spiro atoms. The Labute approximate surface area is 265 Å². The summed E-state index contributed by atoms with van der Waals surface area (Å²) in [6, 6.07) is 29.2. The first-order valence-corrected chi connectivity index (χ1v) is 16.4. The largest absolute Gasteiger partial charge is 0.354 e. The van der Waals surface area contributed by atoms with Crippen LogP contribution in [-0.4, -0.2) is 44.3 Å². The number of amides is 2. The number of hydrogen-bond donors (Lipinski definition) is 1. The van der Waals surface area contributed by atoms with E-state index in [4.69, 9.17) is 11.6 Å². The van der Waals surface area contributed by atoms with Crippen LogP contribution in [0.15, 0.2) is 108 Å². The van der Waals surface area contributed by atoms with E-state index in [0.717, 1.165) is 27.4 Å². The number of carbonyl (C=O) groups is 2. The van der Waals surface area contributed by atoms with Gasteiger partial charge in [-0.15, -0.1) is 0 Å². The molecule has 0 aliphatic rings. The predicted molar refractivity (Wildman–Crippen MR) is 176 cm³/mol. The number of anilines is 1. The van der Waals surface area contributed by atoms with E-state index in [0.29, 0.717) is 22.8 Å². The van der Waals surface area contributed by atoms with Crippen LogP contribution in [0.5, 0.6) is 0 Å². The summed E-state index contributed by atoms with van der Waals surface area (Å²) in [5, 5.41) is 3.39. The lowest BCUT2D eigenvalue weighted by Gasteiger charge is -2.34. The van der Waals surface area contributed by atoms with E-state index < -0.39 is 28.5 Å². The minimum absolute atomic E-state index is 0.0157. The second kappa shape index (κ2) is 15.0. The van der Waals surface area contributed by atoms with Crippen molar-refractivity contribution < 1.29 is 18.0 Å². The molecule has 0 bridgehead atoms. The third kappa shape index (κ3) is 8.27. The fourth-order valence-electron chi connectivity index (χ4n) is 4.88. The van der Waals surface area contributed by atoms with E-state index in [1.165, 1.54) is 17.0 Å². The first-order chi connectivity index (χ1) is 21.1. The van der Waals surface area contributed by atoms with E-state index in [9.17, 15) is 18.0 Å². The highest BCUT2D eigenvalue weighted by Gasteiger charge is 2.34. The Morgan fingerprint density at radius 1 is 0.841 bits per heavy atom. The van der Waals surface area contributed by atoms with Crippen molar-refractivity contribution in [3.63, 3.8) is 0 Å². The van der Waals surface area contributed by atoms with Gasteiger partial charge >= 0.3 is 0 Å². The predicted octanol–water partition coefficient (Wildman–Crippen LogP) is 6.32. The summed E-state index contributed by atoms with van der Waals surface area (Å²) in [6.07, 6.45) is 0.958. The summed E-state index contributed by atoms with van der Waals surface area (Å²) >= 11 is 6.54. The molecule has 230 valence electrons. The highest BCUT2D eigenvalue weighted by Crippen LogP contribution is 2.27. The van der Waals surface area contributed by atoms with E-state index in [2.05, 4.69) is 5.32 Å². The molecule has 0 aliphatic carbocycles. The van der Waals surface area contributed by atoms with Crippen LogP contribution in [0.3, 0.4) is 0 Å². The second-order valence-corrected chi connectivity index (χ2v) is 13.0. The molecule has 0 saturated heterocycles. The van der Waals surface area contributed by atoms with Crippen molar-refractivity contribution in [3.05, 3.63) is 130 Å². The van der Waals surface area contributed by atoms with E-state index in [1.54, 1.807) is 48.5 Å². The van der Waals surface area contributed by atoms with Gasteiger partial charge in [-0.3, -0.25) is 13.9 Å². The maximum absolute atomic E-state index is 14.5. The van der Waals surface area contributed by atoms with Crippen LogP contribution in [0.25, 0.3) is 0 Å². The molecule has 0 heterocycles. The molecule has 7 nitrogen and oxygen atoms in total.